The topological polar surface area (TPSA) is 55.1 Å². The van der Waals surface area contributed by atoms with Crippen LogP contribution >= 0.6 is 11.8 Å². The highest BCUT2D eigenvalue weighted by atomic mass is 32.2. The second kappa shape index (κ2) is 5.05. The standard InChI is InChI=1S/C16H20N2O2S/c1-16(2,3)15-17-12-5-4-10(14(19)20)8-13(12)18(15)11-6-7-21-9-11/h4-5,8,11H,6-7,9H2,1-3H3,(H,19,20). The lowest BCUT2D eigenvalue weighted by Gasteiger charge is -2.23. The number of rotatable bonds is 2. The fourth-order valence-corrected chi connectivity index (χ4v) is 4.04. The van der Waals surface area contributed by atoms with E-state index < -0.39 is 5.97 Å². The molecule has 1 atom stereocenters. The van der Waals surface area contributed by atoms with Crippen molar-refractivity contribution < 1.29 is 9.90 Å². The molecule has 1 fully saturated rings. The van der Waals surface area contributed by atoms with Gasteiger partial charge in [0.15, 0.2) is 0 Å². The highest BCUT2D eigenvalue weighted by Crippen LogP contribution is 2.36. The third-order valence-corrected chi connectivity index (χ3v) is 5.02. The predicted octanol–water partition coefficient (Wildman–Crippen LogP) is 3.71. The Morgan fingerprint density at radius 1 is 1.43 bits per heavy atom. The van der Waals surface area contributed by atoms with Gasteiger partial charge in [-0.1, -0.05) is 20.8 Å². The third kappa shape index (κ3) is 2.55. The Morgan fingerprint density at radius 2 is 2.19 bits per heavy atom. The second-order valence-electron chi connectivity index (χ2n) is 6.58. The maximum atomic E-state index is 11.2. The number of hydrogen-bond acceptors (Lipinski definition) is 3. The molecular formula is C16H20N2O2S. The second-order valence-corrected chi connectivity index (χ2v) is 7.73. The number of carboxylic acid groups (broad SMARTS) is 1. The van der Waals surface area contributed by atoms with Gasteiger partial charge in [0.1, 0.15) is 5.82 Å². The van der Waals surface area contributed by atoms with Gasteiger partial charge in [0.25, 0.3) is 0 Å². The maximum absolute atomic E-state index is 11.2. The molecule has 2 aromatic rings. The summed E-state index contributed by atoms with van der Waals surface area (Å²) in [5, 5.41) is 9.23. The first-order valence-corrected chi connectivity index (χ1v) is 8.37. The zero-order valence-corrected chi connectivity index (χ0v) is 13.4. The number of hydrogen-bond donors (Lipinski definition) is 1. The van der Waals surface area contributed by atoms with Gasteiger partial charge >= 0.3 is 5.97 Å². The van der Waals surface area contributed by atoms with Gasteiger partial charge in [-0.15, -0.1) is 0 Å². The van der Waals surface area contributed by atoms with Crippen LogP contribution in [-0.4, -0.2) is 32.1 Å². The SMILES string of the molecule is CC(C)(C)c1nc2ccc(C(=O)O)cc2n1C1CCSC1. The maximum Gasteiger partial charge on any atom is 0.335 e. The first kappa shape index (κ1) is 14.4. The highest BCUT2D eigenvalue weighted by molar-refractivity contribution is 7.99. The monoisotopic (exact) mass is 304 g/mol. The summed E-state index contributed by atoms with van der Waals surface area (Å²) in [7, 11) is 0. The van der Waals surface area contributed by atoms with E-state index in [0.717, 1.165) is 34.8 Å². The van der Waals surface area contributed by atoms with Crippen molar-refractivity contribution in [2.45, 2.75) is 38.6 Å². The van der Waals surface area contributed by atoms with Crippen LogP contribution in [0.2, 0.25) is 0 Å². The van der Waals surface area contributed by atoms with Crippen molar-refractivity contribution in [1.29, 1.82) is 0 Å². The average Bonchev–Trinajstić information content (AvgIpc) is 3.03. The van der Waals surface area contributed by atoms with E-state index in [9.17, 15) is 9.90 Å². The molecule has 0 bridgehead atoms. The zero-order valence-electron chi connectivity index (χ0n) is 12.6. The molecule has 3 rings (SSSR count). The number of aromatic carboxylic acids is 1. The molecule has 21 heavy (non-hydrogen) atoms. The zero-order chi connectivity index (χ0) is 15.2. The van der Waals surface area contributed by atoms with Gasteiger partial charge < -0.3 is 9.67 Å². The van der Waals surface area contributed by atoms with E-state index in [4.69, 9.17) is 4.98 Å². The molecule has 0 aliphatic carbocycles. The number of fused-ring (bicyclic) bond motifs is 1. The molecule has 0 radical (unpaired) electrons. The molecule has 112 valence electrons. The summed E-state index contributed by atoms with van der Waals surface area (Å²) in [5.41, 5.74) is 2.11. The Labute approximate surface area is 128 Å². The van der Waals surface area contributed by atoms with Crippen molar-refractivity contribution in [2.24, 2.45) is 0 Å². The van der Waals surface area contributed by atoms with Crippen molar-refractivity contribution in [2.75, 3.05) is 11.5 Å². The van der Waals surface area contributed by atoms with Crippen LogP contribution in [0.4, 0.5) is 0 Å². The van der Waals surface area contributed by atoms with Gasteiger partial charge in [-0.2, -0.15) is 11.8 Å². The van der Waals surface area contributed by atoms with Crippen LogP contribution in [0.1, 0.15) is 49.4 Å². The third-order valence-electron chi connectivity index (χ3n) is 3.88. The van der Waals surface area contributed by atoms with Gasteiger partial charge in [0.2, 0.25) is 0 Å². The average molecular weight is 304 g/mol. The van der Waals surface area contributed by atoms with Crippen LogP contribution in [-0.2, 0) is 5.41 Å². The molecule has 4 nitrogen and oxygen atoms in total. The molecule has 0 spiro atoms. The fraction of sp³-hybridized carbons (Fsp3) is 0.500. The summed E-state index contributed by atoms with van der Waals surface area (Å²) in [4.78, 5) is 16.0. The Kier molecular flexibility index (Phi) is 3.48. The summed E-state index contributed by atoms with van der Waals surface area (Å²) in [6, 6.07) is 5.64. The van der Waals surface area contributed by atoms with Crippen LogP contribution in [0, 0.1) is 0 Å². The van der Waals surface area contributed by atoms with E-state index in [0.29, 0.717) is 11.6 Å². The summed E-state index contributed by atoms with van der Waals surface area (Å²) in [6.45, 7) is 6.47. The highest BCUT2D eigenvalue weighted by Gasteiger charge is 2.29. The number of aromatic nitrogens is 2. The van der Waals surface area contributed by atoms with E-state index in [1.807, 2.05) is 17.8 Å². The summed E-state index contributed by atoms with van der Waals surface area (Å²) in [5.74, 6) is 2.40. The Bertz CT molecular complexity index is 694. The van der Waals surface area contributed by atoms with Crippen molar-refractivity contribution in [3.05, 3.63) is 29.6 Å². The van der Waals surface area contributed by atoms with E-state index in [1.54, 1.807) is 12.1 Å². The van der Waals surface area contributed by atoms with E-state index in [-0.39, 0.29) is 5.41 Å². The lowest BCUT2D eigenvalue weighted by atomic mass is 9.95. The summed E-state index contributed by atoms with van der Waals surface area (Å²) < 4.78 is 2.28. The van der Waals surface area contributed by atoms with Gasteiger partial charge in [-0.05, 0) is 30.4 Å². The number of carboxylic acids is 1. The number of imidazole rings is 1. The molecule has 1 aromatic carbocycles. The fourth-order valence-electron chi connectivity index (χ4n) is 2.85. The number of thioether (sulfide) groups is 1. The lowest BCUT2D eigenvalue weighted by molar-refractivity contribution is 0.0697. The van der Waals surface area contributed by atoms with Gasteiger partial charge in [0, 0.05) is 17.2 Å². The minimum atomic E-state index is -0.886. The number of carbonyl (C=O) groups is 1. The van der Waals surface area contributed by atoms with Gasteiger partial charge in [0.05, 0.1) is 16.6 Å². The van der Waals surface area contributed by atoms with E-state index in [2.05, 4.69) is 25.3 Å². The molecule has 1 aliphatic rings. The minimum Gasteiger partial charge on any atom is -0.478 e. The van der Waals surface area contributed by atoms with E-state index in [1.165, 1.54) is 0 Å². The summed E-state index contributed by atoms with van der Waals surface area (Å²) in [6.07, 6.45) is 1.12. The molecule has 5 heteroatoms. The quantitative estimate of drug-likeness (QED) is 0.919. The number of nitrogens with zero attached hydrogens (tertiary/aromatic N) is 2. The van der Waals surface area contributed by atoms with Crippen molar-refractivity contribution >= 4 is 28.8 Å². The van der Waals surface area contributed by atoms with Crippen LogP contribution in [0.25, 0.3) is 11.0 Å². The Morgan fingerprint density at radius 3 is 2.76 bits per heavy atom. The molecule has 1 saturated heterocycles. The molecule has 1 aliphatic heterocycles. The Balaban J connectivity index is 2.26. The molecule has 1 N–H and O–H groups in total. The Hall–Kier alpha value is -1.49. The molecule has 2 heterocycles. The predicted molar refractivity (Wildman–Crippen MR) is 86.4 cm³/mol. The summed E-state index contributed by atoms with van der Waals surface area (Å²) >= 11 is 1.95. The first-order chi connectivity index (χ1) is 9.88. The largest absolute Gasteiger partial charge is 0.478 e. The molecule has 1 unspecified atom stereocenters. The minimum absolute atomic E-state index is 0.0599. The van der Waals surface area contributed by atoms with E-state index >= 15 is 0 Å². The van der Waals surface area contributed by atoms with Crippen LogP contribution in [0.15, 0.2) is 18.2 Å². The van der Waals surface area contributed by atoms with Crippen molar-refractivity contribution in [3.63, 3.8) is 0 Å². The molecule has 1 aromatic heterocycles. The molecule has 0 amide bonds. The van der Waals surface area contributed by atoms with Crippen LogP contribution in [0.5, 0.6) is 0 Å². The van der Waals surface area contributed by atoms with Gasteiger partial charge in [-0.3, -0.25) is 0 Å². The van der Waals surface area contributed by atoms with Crippen LogP contribution in [0.3, 0.4) is 0 Å². The van der Waals surface area contributed by atoms with Crippen LogP contribution < -0.4 is 0 Å². The number of benzene rings is 1. The lowest BCUT2D eigenvalue weighted by Crippen LogP contribution is -2.22. The van der Waals surface area contributed by atoms with Crippen molar-refractivity contribution in [1.82, 2.24) is 9.55 Å². The van der Waals surface area contributed by atoms with Gasteiger partial charge in [-0.25, -0.2) is 9.78 Å². The molecular weight excluding hydrogens is 284 g/mol. The molecule has 0 saturated carbocycles. The first-order valence-electron chi connectivity index (χ1n) is 7.21. The normalized spacial score (nSPS) is 19.3. The van der Waals surface area contributed by atoms with Crippen molar-refractivity contribution in [3.8, 4) is 0 Å². The smallest absolute Gasteiger partial charge is 0.335 e.